The molecule has 2 aliphatic heterocycles. The second-order valence-electron chi connectivity index (χ2n) is 7.82. The van der Waals surface area contributed by atoms with Crippen LogP contribution in [0.5, 0.6) is 17.2 Å². The summed E-state index contributed by atoms with van der Waals surface area (Å²) in [7, 11) is 0. The van der Waals surface area contributed by atoms with E-state index >= 15 is 0 Å². The van der Waals surface area contributed by atoms with Gasteiger partial charge in [-0.2, -0.15) is 0 Å². The summed E-state index contributed by atoms with van der Waals surface area (Å²) in [6.07, 6.45) is -3.09. The first-order valence-electron chi connectivity index (χ1n) is 9.93. The Labute approximate surface area is 173 Å². The first-order valence-corrected chi connectivity index (χ1v) is 9.93. The first-order chi connectivity index (χ1) is 14.3. The van der Waals surface area contributed by atoms with Gasteiger partial charge >= 0.3 is 6.36 Å². The van der Waals surface area contributed by atoms with E-state index in [2.05, 4.69) is 9.64 Å². The second-order valence-corrected chi connectivity index (χ2v) is 7.82. The number of alkyl halides is 3. The minimum absolute atomic E-state index is 0.00231. The Kier molecular flexibility index (Phi) is 5.69. The van der Waals surface area contributed by atoms with E-state index in [4.69, 9.17) is 14.2 Å². The molecule has 0 N–H and O–H groups in total. The molecule has 5 nitrogen and oxygen atoms in total. The minimum atomic E-state index is -4.70. The summed E-state index contributed by atoms with van der Waals surface area (Å²) in [6, 6.07) is 13.5. The SMILES string of the molecule is C[C@]1(COc2ccccc2N2CCC(Oc3ccc(OC(F)(F)F)cc3)CC2)CO1. The van der Waals surface area contributed by atoms with Crippen LogP contribution in [0.2, 0.25) is 0 Å². The third kappa shape index (κ3) is 5.50. The van der Waals surface area contributed by atoms with Gasteiger partial charge in [0.05, 0.1) is 12.3 Å². The van der Waals surface area contributed by atoms with Crippen molar-refractivity contribution >= 4 is 5.69 Å². The molecule has 0 saturated carbocycles. The van der Waals surface area contributed by atoms with Gasteiger partial charge in [0, 0.05) is 25.9 Å². The van der Waals surface area contributed by atoms with E-state index in [0.29, 0.717) is 12.4 Å². The van der Waals surface area contributed by atoms with Gasteiger partial charge < -0.3 is 23.8 Å². The Bertz CT molecular complexity index is 844. The van der Waals surface area contributed by atoms with Crippen LogP contribution in [-0.4, -0.2) is 44.4 Å². The van der Waals surface area contributed by atoms with Crippen LogP contribution < -0.4 is 19.1 Å². The second kappa shape index (κ2) is 8.26. The number of para-hydroxylation sites is 2. The predicted octanol–water partition coefficient (Wildman–Crippen LogP) is 4.80. The maximum Gasteiger partial charge on any atom is 0.573 e. The fourth-order valence-electron chi connectivity index (χ4n) is 3.40. The number of anilines is 1. The molecule has 8 heteroatoms. The fraction of sp³-hybridized carbons (Fsp3) is 0.455. The zero-order valence-electron chi connectivity index (χ0n) is 16.7. The normalized spacial score (nSPS) is 21.9. The molecular weight excluding hydrogens is 399 g/mol. The first kappa shape index (κ1) is 20.7. The number of epoxide rings is 1. The molecule has 2 aromatic rings. The van der Waals surface area contributed by atoms with Crippen molar-refractivity contribution in [2.45, 2.75) is 37.8 Å². The monoisotopic (exact) mass is 423 g/mol. The van der Waals surface area contributed by atoms with Crippen LogP contribution in [0, 0.1) is 0 Å². The lowest BCUT2D eigenvalue weighted by Gasteiger charge is -2.34. The highest BCUT2D eigenvalue weighted by molar-refractivity contribution is 5.58. The third-order valence-corrected chi connectivity index (χ3v) is 5.18. The van der Waals surface area contributed by atoms with E-state index in [-0.39, 0.29) is 17.5 Å². The summed E-state index contributed by atoms with van der Waals surface area (Å²) in [4.78, 5) is 2.27. The standard InChI is InChI=1S/C22H24F3NO4/c1-21(15-28-21)14-27-20-5-3-2-4-19(20)26-12-10-17(11-13-26)29-16-6-8-18(9-7-16)30-22(23,24)25/h2-9,17H,10-15H2,1H3/t21-/m0/s1. The fourth-order valence-corrected chi connectivity index (χ4v) is 3.40. The number of hydrogen-bond acceptors (Lipinski definition) is 5. The molecule has 0 bridgehead atoms. The quantitative estimate of drug-likeness (QED) is 0.599. The van der Waals surface area contributed by atoms with Crippen molar-refractivity contribution in [3.63, 3.8) is 0 Å². The topological polar surface area (TPSA) is 43.5 Å². The number of piperidine rings is 1. The van der Waals surface area contributed by atoms with Crippen molar-refractivity contribution in [2.24, 2.45) is 0 Å². The summed E-state index contributed by atoms with van der Waals surface area (Å²) >= 11 is 0. The number of halogens is 3. The van der Waals surface area contributed by atoms with E-state index in [0.717, 1.165) is 44.0 Å². The van der Waals surface area contributed by atoms with Gasteiger partial charge in [0.25, 0.3) is 0 Å². The summed E-state index contributed by atoms with van der Waals surface area (Å²) in [5.41, 5.74) is 0.878. The Hall–Kier alpha value is -2.61. The molecular formula is C22H24F3NO4. The molecule has 30 heavy (non-hydrogen) atoms. The highest BCUT2D eigenvalue weighted by atomic mass is 19.4. The van der Waals surface area contributed by atoms with Crippen molar-refractivity contribution in [3.05, 3.63) is 48.5 Å². The van der Waals surface area contributed by atoms with Crippen LogP contribution in [0.3, 0.4) is 0 Å². The molecule has 0 radical (unpaired) electrons. The molecule has 2 fully saturated rings. The molecule has 0 unspecified atom stereocenters. The summed E-state index contributed by atoms with van der Waals surface area (Å²) in [5.74, 6) is 1.12. The average molecular weight is 423 g/mol. The highest BCUT2D eigenvalue weighted by Crippen LogP contribution is 2.34. The van der Waals surface area contributed by atoms with E-state index in [1.807, 2.05) is 31.2 Å². The largest absolute Gasteiger partial charge is 0.573 e. The molecule has 4 rings (SSSR count). The minimum Gasteiger partial charge on any atom is -0.490 e. The van der Waals surface area contributed by atoms with Gasteiger partial charge in [-0.1, -0.05) is 12.1 Å². The van der Waals surface area contributed by atoms with Gasteiger partial charge in [-0.3, -0.25) is 0 Å². The van der Waals surface area contributed by atoms with Gasteiger partial charge in [-0.05, 0) is 43.3 Å². The molecule has 0 aliphatic carbocycles. The molecule has 0 spiro atoms. The number of rotatable bonds is 7. The van der Waals surface area contributed by atoms with Crippen molar-refractivity contribution in [2.75, 3.05) is 31.2 Å². The lowest BCUT2D eigenvalue weighted by Crippen LogP contribution is -2.38. The van der Waals surface area contributed by atoms with Crippen molar-refractivity contribution < 1.29 is 32.1 Å². The van der Waals surface area contributed by atoms with E-state index < -0.39 is 6.36 Å². The number of nitrogens with zero attached hydrogens (tertiary/aromatic N) is 1. The van der Waals surface area contributed by atoms with Crippen molar-refractivity contribution in [1.82, 2.24) is 0 Å². The van der Waals surface area contributed by atoms with Crippen LogP contribution in [0.4, 0.5) is 18.9 Å². The summed E-state index contributed by atoms with van der Waals surface area (Å²) in [6.45, 7) is 4.88. The van der Waals surface area contributed by atoms with Crippen LogP contribution >= 0.6 is 0 Å². The number of ether oxygens (including phenoxy) is 4. The van der Waals surface area contributed by atoms with Gasteiger partial charge in [0.2, 0.25) is 0 Å². The van der Waals surface area contributed by atoms with E-state index in [1.165, 1.54) is 24.3 Å². The Morgan fingerprint density at radius 2 is 1.67 bits per heavy atom. The average Bonchev–Trinajstić information content (AvgIpc) is 3.45. The zero-order chi connectivity index (χ0) is 21.2. The van der Waals surface area contributed by atoms with Crippen molar-refractivity contribution in [1.29, 1.82) is 0 Å². The smallest absolute Gasteiger partial charge is 0.490 e. The molecule has 2 aliphatic rings. The van der Waals surface area contributed by atoms with Crippen LogP contribution in [0.25, 0.3) is 0 Å². The summed E-state index contributed by atoms with van der Waals surface area (Å²) in [5, 5.41) is 0. The maximum absolute atomic E-state index is 12.3. The molecule has 1 atom stereocenters. The van der Waals surface area contributed by atoms with Crippen LogP contribution in [-0.2, 0) is 4.74 Å². The maximum atomic E-state index is 12.3. The van der Waals surface area contributed by atoms with Gasteiger partial charge in [0.15, 0.2) is 0 Å². The highest BCUT2D eigenvalue weighted by Gasteiger charge is 2.40. The molecule has 2 saturated heterocycles. The lowest BCUT2D eigenvalue weighted by molar-refractivity contribution is -0.274. The zero-order valence-corrected chi connectivity index (χ0v) is 16.7. The van der Waals surface area contributed by atoms with E-state index in [1.54, 1.807) is 0 Å². The van der Waals surface area contributed by atoms with Gasteiger partial charge in [0.1, 0.15) is 35.6 Å². The van der Waals surface area contributed by atoms with Crippen molar-refractivity contribution in [3.8, 4) is 17.2 Å². The van der Waals surface area contributed by atoms with Crippen LogP contribution in [0.1, 0.15) is 19.8 Å². The lowest BCUT2D eigenvalue weighted by atomic mass is 10.1. The number of hydrogen-bond donors (Lipinski definition) is 0. The number of benzene rings is 2. The predicted molar refractivity (Wildman–Crippen MR) is 105 cm³/mol. The molecule has 2 heterocycles. The molecule has 0 amide bonds. The van der Waals surface area contributed by atoms with Crippen LogP contribution in [0.15, 0.2) is 48.5 Å². The van der Waals surface area contributed by atoms with Gasteiger partial charge in [-0.25, -0.2) is 0 Å². The molecule has 0 aromatic heterocycles. The summed E-state index contributed by atoms with van der Waals surface area (Å²) < 4.78 is 58.0. The van der Waals surface area contributed by atoms with E-state index in [9.17, 15) is 13.2 Å². The third-order valence-electron chi connectivity index (χ3n) is 5.18. The Morgan fingerprint density at radius 3 is 2.30 bits per heavy atom. The Morgan fingerprint density at radius 1 is 1.03 bits per heavy atom. The van der Waals surface area contributed by atoms with Gasteiger partial charge in [-0.15, -0.1) is 13.2 Å². The Balaban J connectivity index is 1.30. The molecule has 162 valence electrons. The molecule has 2 aromatic carbocycles.